The summed E-state index contributed by atoms with van der Waals surface area (Å²) in [6.07, 6.45) is 5.38. The van der Waals surface area contributed by atoms with E-state index in [9.17, 15) is 4.79 Å². The van der Waals surface area contributed by atoms with Gasteiger partial charge in [-0.15, -0.1) is 0 Å². The van der Waals surface area contributed by atoms with E-state index < -0.39 is 5.60 Å². The number of carbonyl (C=O) groups excluding carboxylic acids is 1. The van der Waals surface area contributed by atoms with Gasteiger partial charge in [-0.05, 0) is 50.8 Å². The maximum Gasteiger partial charge on any atom is 0.213 e. The van der Waals surface area contributed by atoms with E-state index in [1.807, 2.05) is 37.3 Å². The lowest BCUT2D eigenvalue weighted by atomic mass is 9.93. The van der Waals surface area contributed by atoms with Gasteiger partial charge in [0, 0.05) is 6.61 Å². The molecule has 1 heterocycles. The van der Waals surface area contributed by atoms with Gasteiger partial charge in [0.25, 0.3) is 0 Å². The molecular formula is C17H20N2O2. The van der Waals surface area contributed by atoms with Crippen LogP contribution in [-0.2, 0) is 4.74 Å². The zero-order valence-electron chi connectivity index (χ0n) is 12.3. The Bertz CT molecular complexity index is 613. The highest BCUT2D eigenvalue weighted by Gasteiger charge is 2.43. The minimum absolute atomic E-state index is 0.0585. The van der Waals surface area contributed by atoms with Gasteiger partial charge in [-0.2, -0.15) is 5.10 Å². The first-order valence-electron chi connectivity index (χ1n) is 7.55. The first kappa shape index (κ1) is 14.0. The molecule has 1 fully saturated rings. The van der Waals surface area contributed by atoms with E-state index in [2.05, 4.69) is 5.10 Å². The molecule has 2 aromatic rings. The Balaban J connectivity index is 1.97. The van der Waals surface area contributed by atoms with Crippen LogP contribution in [0.3, 0.4) is 0 Å². The maximum atomic E-state index is 13.0. The van der Waals surface area contributed by atoms with Crippen molar-refractivity contribution in [2.75, 3.05) is 6.61 Å². The molecule has 1 aliphatic rings. The average molecular weight is 284 g/mol. The lowest BCUT2D eigenvalue weighted by Crippen LogP contribution is -2.40. The summed E-state index contributed by atoms with van der Waals surface area (Å²) in [5, 5.41) is 4.31. The average Bonchev–Trinajstić information content (AvgIpc) is 3.17. The van der Waals surface area contributed by atoms with Crippen molar-refractivity contribution in [2.24, 2.45) is 0 Å². The van der Waals surface area contributed by atoms with Gasteiger partial charge in [-0.1, -0.05) is 18.2 Å². The minimum Gasteiger partial charge on any atom is -0.367 e. The monoisotopic (exact) mass is 284 g/mol. The van der Waals surface area contributed by atoms with Crippen LogP contribution in [0.5, 0.6) is 0 Å². The molecule has 0 saturated heterocycles. The molecular weight excluding hydrogens is 264 g/mol. The lowest BCUT2D eigenvalue weighted by molar-refractivity contribution is -0.0169. The Labute approximate surface area is 124 Å². The predicted octanol–water partition coefficient (Wildman–Crippen LogP) is 3.40. The molecule has 1 saturated carbocycles. The summed E-state index contributed by atoms with van der Waals surface area (Å²) in [6, 6.07) is 11.5. The molecule has 1 aliphatic carbocycles. The molecule has 4 nitrogen and oxygen atoms in total. The van der Waals surface area contributed by atoms with Crippen molar-refractivity contribution in [1.29, 1.82) is 0 Å². The van der Waals surface area contributed by atoms with Gasteiger partial charge in [0.15, 0.2) is 0 Å². The molecule has 0 N–H and O–H groups in total. The third kappa shape index (κ3) is 2.51. The fourth-order valence-corrected chi connectivity index (χ4v) is 3.14. The molecule has 0 spiro atoms. The van der Waals surface area contributed by atoms with Crippen LogP contribution in [0.1, 0.15) is 43.1 Å². The van der Waals surface area contributed by atoms with Crippen molar-refractivity contribution >= 4 is 5.78 Å². The second-order valence-electron chi connectivity index (χ2n) is 5.43. The molecule has 0 unspecified atom stereocenters. The predicted molar refractivity (Wildman–Crippen MR) is 80.7 cm³/mol. The molecule has 0 atom stereocenters. The smallest absolute Gasteiger partial charge is 0.213 e. The van der Waals surface area contributed by atoms with Crippen LogP contribution in [0.25, 0.3) is 5.69 Å². The number of hydrogen-bond donors (Lipinski definition) is 0. The van der Waals surface area contributed by atoms with Crippen molar-refractivity contribution < 1.29 is 9.53 Å². The molecule has 3 rings (SSSR count). The molecule has 0 aliphatic heterocycles. The number of benzene rings is 1. The highest BCUT2D eigenvalue weighted by atomic mass is 16.5. The van der Waals surface area contributed by atoms with Crippen molar-refractivity contribution in [2.45, 2.75) is 38.2 Å². The number of Topliss-reactive ketones (excluding diaryl/α,β-unsaturated/α-hetero) is 1. The van der Waals surface area contributed by atoms with Gasteiger partial charge in [0.2, 0.25) is 5.78 Å². The van der Waals surface area contributed by atoms with Crippen LogP contribution >= 0.6 is 0 Å². The van der Waals surface area contributed by atoms with Crippen LogP contribution in [0.4, 0.5) is 0 Å². The summed E-state index contributed by atoms with van der Waals surface area (Å²) in [7, 11) is 0. The van der Waals surface area contributed by atoms with Crippen molar-refractivity contribution in [1.82, 2.24) is 9.78 Å². The zero-order valence-corrected chi connectivity index (χ0v) is 12.3. The van der Waals surface area contributed by atoms with Crippen molar-refractivity contribution in [3.05, 3.63) is 48.3 Å². The Morgan fingerprint density at radius 3 is 2.62 bits per heavy atom. The van der Waals surface area contributed by atoms with E-state index >= 15 is 0 Å². The molecule has 110 valence electrons. The van der Waals surface area contributed by atoms with Gasteiger partial charge < -0.3 is 4.74 Å². The number of para-hydroxylation sites is 1. The second-order valence-corrected chi connectivity index (χ2v) is 5.43. The number of ether oxygens (including phenoxy) is 1. The quantitative estimate of drug-likeness (QED) is 0.790. The topological polar surface area (TPSA) is 44.1 Å². The van der Waals surface area contributed by atoms with E-state index in [1.54, 1.807) is 16.9 Å². The Kier molecular flexibility index (Phi) is 3.88. The summed E-state index contributed by atoms with van der Waals surface area (Å²) in [5.41, 5.74) is 0.855. The molecule has 0 bridgehead atoms. The fraction of sp³-hybridized carbons (Fsp3) is 0.412. The van der Waals surface area contributed by atoms with E-state index in [0.717, 1.165) is 31.4 Å². The first-order valence-corrected chi connectivity index (χ1v) is 7.55. The summed E-state index contributed by atoms with van der Waals surface area (Å²) < 4.78 is 7.59. The first-order chi connectivity index (χ1) is 10.3. The number of nitrogens with zero attached hydrogens (tertiary/aromatic N) is 2. The standard InChI is InChI=1S/C17H20N2O2/c1-2-21-17(11-6-7-12-17)16(20)15-10-13-18-19(15)14-8-4-3-5-9-14/h3-5,8-10,13H,2,6-7,11-12H2,1H3. The van der Waals surface area contributed by atoms with E-state index in [1.165, 1.54) is 0 Å². The maximum absolute atomic E-state index is 13.0. The normalized spacial score (nSPS) is 17.0. The SMILES string of the molecule is CCOC1(C(=O)c2ccnn2-c2ccccc2)CCCC1. The van der Waals surface area contributed by atoms with E-state index in [0.29, 0.717) is 12.3 Å². The van der Waals surface area contributed by atoms with Crippen LogP contribution in [0.2, 0.25) is 0 Å². The van der Waals surface area contributed by atoms with Crippen molar-refractivity contribution in [3.63, 3.8) is 0 Å². The number of ketones is 1. The summed E-state index contributed by atoms with van der Waals surface area (Å²) in [6.45, 7) is 2.51. The molecule has 21 heavy (non-hydrogen) atoms. The molecule has 4 heteroatoms. The Morgan fingerprint density at radius 2 is 1.95 bits per heavy atom. The minimum atomic E-state index is -0.651. The number of rotatable bonds is 5. The van der Waals surface area contributed by atoms with Gasteiger partial charge in [0.05, 0.1) is 11.9 Å². The largest absolute Gasteiger partial charge is 0.367 e. The summed E-state index contributed by atoms with van der Waals surface area (Å²) >= 11 is 0. The summed E-state index contributed by atoms with van der Waals surface area (Å²) in [5.74, 6) is 0.0585. The van der Waals surface area contributed by atoms with Gasteiger partial charge in [-0.25, -0.2) is 4.68 Å². The highest BCUT2D eigenvalue weighted by Crippen LogP contribution is 2.36. The third-order valence-corrected chi connectivity index (χ3v) is 4.12. The fourth-order valence-electron chi connectivity index (χ4n) is 3.14. The van der Waals surface area contributed by atoms with Crippen LogP contribution in [-0.4, -0.2) is 27.8 Å². The van der Waals surface area contributed by atoms with Crippen molar-refractivity contribution in [3.8, 4) is 5.69 Å². The Morgan fingerprint density at radius 1 is 1.24 bits per heavy atom. The second kappa shape index (κ2) is 5.82. The van der Waals surface area contributed by atoms with E-state index in [4.69, 9.17) is 4.74 Å². The number of aromatic nitrogens is 2. The van der Waals surface area contributed by atoms with Crippen LogP contribution in [0.15, 0.2) is 42.6 Å². The van der Waals surface area contributed by atoms with Gasteiger partial charge >= 0.3 is 0 Å². The molecule has 0 amide bonds. The number of hydrogen-bond acceptors (Lipinski definition) is 3. The molecule has 0 radical (unpaired) electrons. The molecule has 1 aromatic carbocycles. The molecule has 1 aromatic heterocycles. The van der Waals surface area contributed by atoms with Gasteiger partial charge in [-0.3, -0.25) is 4.79 Å². The highest BCUT2D eigenvalue weighted by molar-refractivity contribution is 6.01. The third-order valence-electron chi connectivity index (χ3n) is 4.12. The van der Waals surface area contributed by atoms with Gasteiger partial charge in [0.1, 0.15) is 11.3 Å². The lowest BCUT2D eigenvalue weighted by Gasteiger charge is -2.27. The number of carbonyl (C=O) groups is 1. The van der Waals surface area contributed by atoms with E-state index in [-0.39, 0.29) is 5.78 Å². The van der Waals surface area contributed by atoms with Crippen LogP contribution in [0, 0.1) is 0 Å². The Hall–Kier alpha value is -1.94. The zero-order chi connectivity index (χ0) is 14.7. The van der Waals surface area contributed by atoms with Crippen LogP contribution < -0.4 is 0 Å². The summed E-state index contributed by atoms with van der Waals surface area (Å²) in [4.78, 5) is 13.0.